The van der Waals surface area contributed by atoms with Crippen molar-refractivity contribution in [3.8, 4) is 0 Å². The summed E-state index contributed by atoms with van der Waals surface area (Å²) in [6.07, 6.45) is 24.6. The van der Waals surface area contributed by atoms with Crippen LogP contribution in [0.2, 0.25) is 0 Å². The van der Waals surface area contributed by atoms with Gasteiger partial charge in [0.25, 0.3) is 0 Å². The van der Waals surface area contributed by atoms with Gasteiger partial charge in [0.15, 0.2) is 0 Å². The molecule has 138 valence electrons. The average Bonchev–Trinajstić information content (AvgIpc) is 2.54. The Morgan fingerprint density at radius 1 is 0.435 bits per heavy atom. The molecule has 0 aliphatic rings. The first kappa shape index (κ1) is 22.7. The molecule has 0 N–H and O–H groups in total. The monoisotopic (exact) mass is 322 g/mol. The Kier molecular flexibility index (Phi) is 17.9. The molecule has 0 spiro atoms. The fourth-order valence-corrected chi connectivity index (χ4v) is 3.19. The predicted molar refractivity (Wildman–Crippen MR) is 108 cm³/mol. The Bertz CT molecular complexity index is 257. The Labute approximate surface area is 148 Å². The van der Waals surface area contributed by atoms with Crippen LogP contribution in [0.1, 0.15) is 137 Å². The minimum absolute atomic E-state index is 1.32. The van der Waals surface area contributed by atoms with E-state index in [0.29, 0.717) is 0 Å². The Morgan fingerprint density at radius 3 is 1.04 bits per heavy atom. The summed E-state index contributed by atoms with van der Waals surface area (Å²) in [5.74, 6) is 0. The zero-order valence-corrected chi connectivity index (χ0v) is 17.0. The van der Waals surface area contributed by atoms with Crippen LogP contribution >= 0.6 is 0 Å². The molecule has 0 heterocycles. The van der Waals surface area contributed by atoms with Gasteiger partial charge in [0, 0.05) is 0 Å². The first-order chi connectivity index (χ1) is 11.2. The highest BCUT2D eigenvalue weighted by Crippen LogP contribution is 2.16. The molecule has 0 aliphatic heterocycles. The molecule has 0 saturated carbocycles. The third-order valence-corrected chi connectivity index (χ3v) is 5.26. The summed E-state index contributed by atoms with van der Waals surface area (Å²) in [4.78, 5) is 0. The molecule has 0 saturated heterocycles. The summed E-state index contributed by atoms with van der Waals surface area (Å²) in [5, 5.41) is 0. The first-order valence-electron chi connectivity index (χ1n) is 10.8. The number of allylic oxidation sites excluding steroid dienone is 2. The Morgan fingerprint density at radius 2 is 0.739 bits per heavy atom. The van der Waals surface area contributed by atoms with Crippen molar-refractivity contribution in [2.75, 3.05) is 0 Å². The van der Waals surface area contributed by atoms with Crippen molar-refractivity contribution in [2.45, 2.75) is 137 Å². The average molecular weight is 323 g/mol. The van der Waals surface area contributed by atoms with E-state index in [0.717, 1.165) is 0 Å². The second kappa shape index (κ2) is 18.1. The van der Waals surface area contributed by atoms with Crippen molar-refractivity contribution in [2.24, 2.45) is 0 Å². The third kappa shape index (κ3) is 17.9. The maximum atomic E-state index is 2.30. The van der Waals surface area contributed by atoms with Crippen molar-refractivity contribution >= 4 is 0 Å². The van der Waals surface area contributed by atoms with E-state index >= 15 is 0 Å². The molecule has 0 rings (SSSR count). The number of hydrogen-bond acceptors (Lipinski definition) is 0. The van der Waals surface area contributed by atoms with Gasteiger partial charge in [0.2, 0.25) is 0 Å². The van der Waals surface area contributed by atoms with E-state index in [1.807, 2.05) is 0 Å². The van der Waals surface area contributed by atoms with Gasteiger partial charge in [-0.05, 0) is 33.6 Å². The van der Waals surface area contributed by atoms with Gasteiger partial charge >= 0.3 is 0 Å². The Balaban J connectivity index is 3.07. The van der Waals surface area contributed by atoms with E-state index in [1.165, 1.54) is 115 Å². The van der Waals surface area contributed by atoms with E-state index in [9.17, 15) is 0 Å². The van der Waals surface area contributed by atoms with Crippen molar-refractivity contribution in [3.63, 3.8) is 0 Å². The standard InChI is InChI=1S/C23H46/c1-5-6-7-8-9-10-11-12-13-14-15-16-17-18-19-20-21-23(4)22(2)3/h5-21H2,1-4H3. The van der Waals surface area contributed by atoms with Crippen molar-refractivity contribution in [3.05, 3.63) is 11.1 Å². The smallest absolute Gasteiger partial charge is 0.0321 e. The number of rotatable bonds is 17. The summed E-state index contributed by atoms with van der Waals surface area (Å²) in [6, 6.07) is 0. The molecule has 0 bridgehead atoms. The zero-order chi connectivity index (χ0) is 17.2. The van der Waals surface area contributed by atoms with Gasteiger partial charge in [-0.1, -0.05) is 114 Å². The topological polar surface area (TPSA) is 0 Å². The second-order valence-corrected chi connectivity index (χ2v) is 7.83. The minimum atomic E-state index is 1.32. The van der Waals surface area contributed by atoms with Crippen molar-refractivity contribution in [1.82, 2.24) is 0 Å². The van der Waals surface area contributed by atoms with E-state index in [-0.39, 0.29) is 0 Å². The van der Waals surface area contributed by atoms with Crippen molar-refractivity contribution < 1.29 is 0 Å². The van der Waals surface area contributed by atoms with Crippen LogP contribution in [0.25, 0.3) is 0 Å². The van der Waals surface area contributed by atoms with Crippen LogP contribution in [0, 0.1) is 0 Å². The predicted octanol–water partition coefficient (Wildman–Crippen LogP) is 8.99. The largest absolute Gasteiger partial charge is 0.0775 e. The highest BCUT2D eigenvalue weighted by atomic mass is 14.0. The van der Waals surface area contributed by atoms with Crippen LogP contribution in [0.4, 0.5) is 0 Å². The highest BCUT2D eigenvalue weighted by Gasteiger charge is 1.96. The zero-order valence-electron chi connectivity index (χ0n) is 17.0. The van der Waals surface area contributed by atoms with Crippen LogP contribution in [0.15, 0.2) is 11.1 Å². The lowest BCUT2D eigenvalue weighted by molar-refractivity contribution is 0.529. The molecule has 0 atom stereocenters. The summed E-state index contributed by atoms with van der Waals surface area (Å²) in [6.45, 7) is 9.07. The maximum absolute atomic E-state index is 2.30. The molecular weight excluding hydrogens is 276 g/mol. The lowest BCUT2D eigenvalue weighted by Gasteiger charge is -2.05. The molecule has 0 aromatic rings. The quantitative estimate of drug-likeness (QED) is 0.185. The highest BCUT2D eigenvalue weighted by molar-refractivity contribution is 5.06. The first-order valence-corrected chi connectivity index (χ1v) is 10.8. The third-order valence-electron chi connectivity index (χ3n) is 5.26. The van der Waals surface area contributed by atoms with Gasteiger partial charge in [0.05, 0.1) is 0 Å². The lowest BCUT2D eigenvalue weighted by Crippen LogP contribution is -1.85. The van der Waals surface area contributed by atoms with Gasteiger partial charge < -0.3 is 0 Å². The van der Waals surface area contributed by atoms with Crippen molar-refractivity contribution in [1.29, 1.82) is 0 Å². The molecule has 0 radical (unpaired) electrons. The second-order valence-electron chi connectivity index (χ2n) is 7.83. The lowest BCUT2D eigenvalue weighted by atomic mass is 10.0. The van der Waals surface area contributed by atoms with Crippen LogP contribution in [0.5, 0.6) is 0 Å². The molecule has 0 nitrogen and oxygen atoms in total. The van der Waals surface area contributed by atoms with Gasteiger partial charge in [-0.15, -0.1) is 0 Å². The van der Waals surface area contributed by atoms with Gasteiger partial charge in [-0.3, -0.25) is 0 Å². The summed E-state index contributed by atoms with van der Waals surface area (Å²) in [7, 11) is 0. The minimum Gasteiger partial charge on any atom is -0.0775 e. The summed E-state index contributed by atoms with van der Waals surface area (Å²) in [5.41, 5.74) is 3.13. The molecule has 23 heavy (non-hydrogen) atoms. The van der Waals surface area contributed by atoms with Crippen LogP contribution in [-0.4, -0.2) is 0 Å². The summed E-state index contributed by atoms with van der Waals surface area (Å²) < 4.78 is 0. The molecule has 0 heteroatoms. The summed E-state index contributed by atoms with van der Waals surface area (Å²) >= 11 is 0. The van der Waals surface area contributed by atoms with Crippen LogP contribution in [-0.2, 0) is 0 Å². The fourth-order valence-electron chi connectivity index (χ4n) is 3.19. The van der Waals surface area contributed by atoms with E-state index in [2.05, 4.69) is 27.7 Å². The molecule has 0 aliphatic carbocycles. The van der Waals surface area contributed by atoms with Gasteiger partial charge in [0.1, 0.15) is 0 Å². The molecule has 0 unspecified atom stereocenters. The van der Waals surface area contributed by atoms with Crippen LogP contribution < -0.4 is 0 Å². The SMILES string of the molecule is CCCCCCCCCCCCCCCCCCC(C)=C(C)C. The van der Waals surface area contributed by atoms with Gasteiger partial charge in [-0.25, -0.2) is 0 Å². The van der Waals surface area contributed by atoms with E-state index < -0.39 is 0 Å². The maximum Gasteiger partial charge on any atom is -0.0321 e. The molecule has 0 aromatic heterocycles. The normalized spacial score (nSPS) is 11.0. The fraction of sp³-hybridized carbons (Fsp3) is 0.913. The van der Waals surface area contributed by atoms with E-state index in [1.54, 1.807) is 5.57 Å². The molecule has 0 amide bonds. The van der Waals surface area contributed by atoms with Crippen LogP contribution in [0.3, 0.4) is 0 Å². The van der Waals surface area contributed by atoms with E-state index in [4.69, 9.17) is 0 Å². The molecule has 0 aromatic carbocycles. The van der Waals surface area contributed by atoms with Gasteiger partial charge in [-0.2, -0.15) is 0 Å². The number of hydrogen-bond donors (Lipinski definition) is 0. The Hall–Kier alpha value is -0.260. The molecule has 0 fully saturated rings. The number of unbranched alkanes of at least 4 members (excludes halogenated alkanes) is 15. The molecular formula is C23H46.